The van der Waals surface area contributed by atoms with Crippen molar-refractivity contribution in [2.24, 2.45) is 0 Å². The molecule has 0 spiro atoms. The van der Waals surface area contributed by atoms with Gasteiger partial charge in [0.2, 0.25) is 0 Å². The minimum absolute atomic E-state index is 0.211. The maximum absolute atomic E-state index is 11.2. The monoisotopic (exact) mass is 277 g/mol. The summed E-state index contributed by atoms with van der Waals surface area (Å²) in [4.78, 5) is 13.0. The maximum Gasteiger partial charge on any atom is 0.292 e. The van der Waals surface area contributed by atoms with Gasteiger partial charge in [-0.2, -0.15) is 0 Å². The van der Waals surface area contributed by atoms with Crippen LogP contribution < -0.4 is 10.2 Å². The van der Waals surface area contributed by atoms with Crippen molar-refractivity contribution in [3.8, 4) is 0 Å². The predicted molar refractivity (Wildman–Crippen MR) is 81.3 cm³/mol. The number of benzene rings is 1. The Morgan fingerprint density at radius 3 is 2.50 bits per heavy atom. The molecule has 0 saturated heterocycles. The first kappa shape index (κ1) is 14.8. The number of nitro benzene ring substituents is 1. The van der Waals surface area contributed by atoms with Gasteiger partial charge in [0.05, 0.1) is 4.92 Å². The van der Waals surface area contributed by atoms with Gasteiger partial charge in [0.15, 0.2) is 0 Å². The first-order valence-electron chi connectivity index (χ1n) is 7.18. The second kappa shape index (κ2) is 6.22. The quantitative estimate of drug-likeness (QED) is 0.679. The fourth-order valence-corrected chi connectivity index (χ4v) is 3.03. The van der Waals surface area contributed by atoms with Crippen molar-refractivity contribution in [1.29, 1.82) is 0 Å². The normalized spacial score (nSPS) is 22.6. The zero-order chi connectivity index (χ0) is 14.7. The highest BCUT2D eigenvalue weighted by Crippen LogP contribution is 2.33. The lowest BCUT2D eigenvalue weighted by Crippen LogP contribution is -2.40. The van der Waals surface area contributed by atoms with Crippen LogP contribution in [0.25, 0.3) is 0 Å². The summed E-state index contributed by atoms with van der Waals surface area (Å²) in [6, 6.07) is 6.45. The Balaban J connectivity index is 2.17. The van der Waals surface area contributed by atoms with Crippen LogP contribution >= 0.6 is 0 Å². The summed E-state index contributed by atoms with van der Waals surface area (Å²) >= 11 is 0. The maximum atomic E-state index is 11.2. The number of nitrogens with one attached hydrogen (secondary N) is 1. The molecule has 5 heteroatoms. The molecule has 0 bridgehead atoms. The van der Waals surface area contributed by atoms with E-state index in [0.717, 1.165) is 36.9 Å². The highest BCUT2D eigenvalue weighted by Gasteiger charge is 2.26. The second-order valence-electron chi connectivity index (χ2n) is 5.65. The standard InChI is InChI=1S/C15H23N3O2/c1-11-4-9-14(15(10-11)18(19)20)17(3)13-7-5-12(16-2)6-8-13/h4,9-10,12-13,16H,5-8H2,1-3H3. The molecule has 1 aromatic carbocycles. The third-order valence-electron chi connectivity index (χ3n) is 4.36. The van der Waals surface area contributed by atoms with Crippen molar-refractivity contribution >= 4 is 11.4 Å². The molecule has 0 unspecified atom stereocenters. The van der Waals surface area contributed by atoms with E-state index < -0.39 is 0 Å². The number of rotatable bonds is 4. The highest BCUT2D eigenvalue weighted by molar-refractivity contribution is 5.64. The van der Waals surface area contributed by atoms with E-state index in [0.29, 0.717) is 12.1 Å². The van der Waals surface area contributed by atoms with Gasteiger partial charge in [0.25, 0.3) is 5.69 Å². The zero-order valence-corrected chi connectivity index (χ0v) is 12.4. The predicted octanol–water partition coefficient (Wildman–Crippen LogP) is 2.87. The summed E-state index contributed by atoms with van der Waals surface area (Å²) in [5, 5.41) is 14.5. The number of anilines is 1. The lowest BCUT2D eigenvalue weighted by molar-refractivity contribution is -0.384. The topological polar surface area (TPSA) is 58.4 Å². The molecule has 5 nitrogen and oxygen atoms in total. The van der Waals surface area contributed by atoms with Crippen molar-refractivity contribution in [2.75, 3.05) is 19.0 Å². The fraction of sp³-hybridized carbons (Fsp3) is 0.600. The van der Waals surface area contributed by atoms with E-state index in [9.17, 15) is 10.1 Å². The third-order valence-corrected chi connectivity index (χ3v) is 4.36. The number of nitrogens with zero attached hydrogens (tertiary/aromatic N) is 2. The Morgan fingerprint density at radius 1 is 1.30 bits per heavy atom. The number of nitro groups is 1. The SMILES string of the molecule is CNC1CCC(N(C)c2ccc(C)cc2[N+](=O)[O-])CC1. The van der Waals surface area contributed by atoms with Crippen molar-refractivity contribution in [2.45, 2.75) is 44.7 Å². The van der Waals surface area contributed by atoms with Crippen LogP contribution in [-0.2, 0) is 0 Å². The van der Waals surface area contributed by atoms with Crippen LogP contribution in [0.4, 0.5) is 11.4 Å². The minimum atomic E-state index is -0.280. The van der Waals surface area contributed by atoms with Crippen LogP contribution in [0.5, 0.6) is 0 Å². The molecular formula is C15H23N3O2. The van der Waals surface area contributed by atoms with Crippen LogP contribution in [-0.4, -0.2) is 31.1 Å². The molecule has 20 heavy (non-hydrogen) atoms. The van der Waals surface area contributed by atoms with Gasteiger partial charge in [-0.1, -0.05) is 6.07 Å². The summed E-state index contributed by atoms with van der Waals surface area (Å²) in [5.41, 5.74) is 1.87. The van der Waals surface area contributed by atoms with E-state index in [2.05, 4.69) is 10.2 Å². The first-order valence-corrected chi connectivity index (χ1v) is 7.18. The van der Waals surface area contributed by atoms with E-state index in [1.807, 2.05) is 33.2 Å². The summed E-state index contributed by atoms with van der Waals surface area (Å²) in [5.74, 6) is 0. The average Bonchev–Trinajstić information content (AvgIpc) is 2.46. The molecule has 1 aliphatic rings. The Bertz CT molecular complexity index is 482. The Labute approximate surface area is 120 Å². The number of aryl methyl sites for hydroxylation is 1. The third kappa shape index (κ3) is 3.10. The fourth-order valence-electron chi connectivity index (χ4n) is 3.03. The molecule has 2 rings (SSSR count). The van der Waals surface area contributed by atoms with E-state index in [4.69, 9.17) is 0 Å². The Hall–Kier alpha value is -1.62. The summed E-state index contributed by atoms with van der Waals surface area (Å²) in [6.45, 7) is 1.88. The van der Waals surface area contributed by atoms with Crippen molar-refractivity contribution in [3.05, 3.63) is 33.9 Å². The Kier molecular flexibility index (Phi) is 4.60. The highest BCUT2D eigenvalue weighted by atomic mass is 16.6. The lowest BCUT2D eigenvalue weighted by atomic mass is 9.90. The van der Waals surface area contributed by atoms with Gasteiger partial charge in [0.1, 0.15) is 5.69 Å². The number of hydrogen-bond donors (Lipinski definition) is 1. The van der Waals surface area contributed by atoms with Gasteiger partial charge in [-0.05, 0) is 51.3 Å². The molecule has 1 saturated carbocycles. The number of hydrogen-bond acceptors (Lipinski definition) is 4. The van der Waals surface area contributed by atoms with Crippen LogP contribution in [0.3, 0.4) is 0 Å². The van der Waals surface area contributed by atoms with Crippen LogP contribution in [0.1, 0.15) is 31.2 Å². The van der Waals surface area contributed by atoms with Crippen molar-refractivity contribution in [1.82, 2.24) is 5.32 Å². The lowest BCUT2D eigenvalue weighted by Gasteiger charge is -2.35. The molecule has 0 heterocycles. The molecule has 0 radical (unpaired) electrons. The summed E-state index contributed by atoms with van der Waals surface area (Å²) < 4.78 is 0. The van der Waals surface area contributed by atoms with E-state index >= 15 is 0 Å². The van der Waals surface area contributed by atoms with Gasteiger partial charge in [-0.15, -0.1) is 0 Å². The summed E-state index contributed by atoms with van der Waals surface area (Å²) in [6.07, 6.45) is 4.41. The molecule has 0 aliphatic heterocycles. The molecular weight excluding hydrogens is 254 g/mol. The van der Waals surface area contributed by atoms with E-state index in [1.54, 1.807) is 6.07 Å². The van der Waals surface area contributed by atoms with Crippen LogP contribution in [0.2, 0.25) is 0 Å². The van der Waals surface area contributed by atoms with E-state index in [-0.39, 0.29) is 10.6 Å². The van der Waals surface area contributed by atoms with Gasteiger partial charge >= 0.3 is 0 Å². The average molecular weight is 277 g/mol. The van der Waals surface area contributed by atoms with Crippen molar-refractivity contribution in [3.63, 3.8) is 0 Å². The molecule has 1 aromatic rings. The Morgan fingerprint density at radius 2 is 1.95 bits per heavy atom. The van der Waals surface area contributed by atoms with Crippen LogP contribution in [0.15, 0.2) is 18.2 Å². The molecule has 110 valence electrons. The molecule has 0 aromatic heterocycles. The zero-order valence-electron chi connectivity index (χ0n) is 12.4. The van der Waals surface area contributed by atoms with Gasteiger partial charge in [-0.3, -0.25) is 10.1 Å². The first-order chi connectivity index (χ1) is 9.52. The molecule has 0 atom stereocenters. The largest absolute Gasteiger partial charge is 0.366 e. The molecule has 1 fully saturated rings. The molecule has 0 amide bonds. The minimum Gasteiger partial charge on any atom is -0.366 e. The van der Waals surface area contributed by atoms with Crippen LogP contribution in [0, 0.1) is 17.0 Å². The molecule has 1 aliphatic carbocycles. The molecule has 1 N–H and O–H groups in total. The second-order valence-corrected chi connectivity index (χ2v) is 5.65. The van der Waals surface area contributed by atoms with Gasteiger partial charge in [-0.25, -0.2) is 0 Å². The van der Waals surface area contributed by atoms with E-state index in [1.165, 1.54) is 0 Å². The van der Waals surface area contributed by atoms with Gasteiger partial charge < -0.3 is 10.2 Å². The van der Waals surface area contributed by atoms with Gasteiger partial charge in [0, 0.05) is 25.2 Å². The smallest absolute Gasteiger partial charge is 0.292 e. The summed E-state index contributed by atoms with van der Waals surface area (Å²) in [7, 11) is 3.97. The van der Waals surface area contributed by atoms with Crippen molar-refractivity contribution < 1.29 is 4.92 Å².